The lowest BCUT2D eigenvalue weighted by Crippen LogP contribution is -2.35. The number of carbonyl (C=O) groups is 2. The molecule has 2 aromatic carbocycles. The lowest BCUT2D eigenvalue weighted by Gasteiger charge is -2.17. The largest absolute Gasteiger partial charge is 0.310 e. The number of hydrogen-bond donors (Lipinski definition) is 1. The number of aromatic nitrogens is 2. The summed E-state index contributed by atoms with van der Waals surface area (Å²) in [6, 6.07) is 13.2. The molecule has 0 radical (unpaired) electrons. The molecule has 0 aliphatic carbocycles. The summed E-state index contributed by atoms with van der Waals surface area (Å²) in [5, 5.41) is 2.73. The van der Waals surface area contributed by atoms with Crippen molar-refractivity contribution < 1.29 is 18.0 Å². The summed E-state index contributed by atoms with van der Waals surface area (Å²) in [5.74, 6) is -0.254. The smallest absolute Gasteiger partial charge is 0.243 e. The molecule has 0 saturated heterocycles. The molecule has 0 unspecified atom stereocenters. The van der Waals surface area contributed by atoms with Crippen molar-refractivity contribution in [3.8, 4) is 0 Å². The molecule has 1 heterocycles. The maximum absolute atomic E-state index is 12.8. The van der Waals surface area contributed by atoms with Gasteiger partial charge in [0.1, 0.15) is 0 Å². The van der Waals surface area contributed by atoms with Gasteiger partial charge in [-0.25, -0.2) is 13.4 Å². The predicted octanol–water partition coefficient (Wildman–Crippen LogP) is 2.91. The van der Waals surface area contributed by atoms with E-state index in [1.54, 1.807) is 0 Å². The fourth-order valence-electron chi connectivity index (χ4n) is 3.11. The normalized spacial score (nSPS) is 11.7. The first-order valence-electron chi connectivity index (χ1n) is 9.56. The lowest BCUT2D eigenvalue weighted by atomic mass is 10.2. The zero-order chi connectivity index (χ0) is 21.9. The molecule has 30 heavy (non-hydrogen) atoms. The average Bonchev–Trinajstić information content (AvgIpc) is 3.05. The number of fused-ring (bicyclic) bond motifs is 1. The second-order valence-corrected chi connectivity index (χ2v) is 9.01. The van der Waals surface area contributed by atoms with E-state index < -0.39 is 15.9 Å². The summed E-state index contributed by atoms with van der Waals surface area (Å²) in [5.41, 5.74) is 2.08. The minimum absolute atomic E-state index is 0.0148. The Morgan fingerprint density at radius 3 is 2.40 bits per heavy atom. The number of amides is 1. The number of Topliss-reactive ketones (excluding diaryl/α,β-unsaturated/α-hetero) is 1. The zero-order valence-corrected chi connectivity index (χ0v) is 17.9. The molecule has 0 aliphatic heterocycles. The zero-order valence-electron chi connectivity index (χ0n) is 17.1. The van der Waals surface area contributed by atoms with Gasteiger partial charge in [-0.1, -0.05) is 31.2 Å². The van der Waals surface area contributed by atoms with E-state index in [4.69, 9.17) is 0 Å². The van der Waals surface area contributed by atoms with Crippen LogP contribution >= 0.6 is 0 Å². The van der Waals surface area contributed by atoms with Crippen LogP contribution in [0.3, 0.4) is 0 Å². The Hall–Kier alpha value is -3.04. The number of rotatable bonds is 8. The van der Waals surface area contributed by atoms with Crippen molar-refractivity contribution in [2.75, 3.05) is 18.9 Å². The highest BCUT2D eigenvalue weighted by atomic mass is 32.2. The van der Waals surface area contributed by atoms with E-state index in [0.717, 1.165) is 21.8 Å². The molecular weight excluding hydrogens is 404 g/mol. The number of aryl methyl sites for hydroxylation is 1. The highest BCUT2D eigenvalue weighted by Crippen LogP contribution is 2.20. The molecule has 3 rings (SSSR count). The molecule has 1 aromatic heterocycles. The van der Waals surface area contributed by atoms with Crippen molar-refractivity contribution in [3.05, 3.63) is 54.1 Å². The van der Waals surface area contributed by atoms with Gasteiger partial charge >= 0.3 is 0 Å². The minimum Gasteiger partial charge on any atom is -0.310 e. The Morgan fingerprint density at radius 2 is 1.77 bits per heavy atom. The molecule has 0 saturated carbocycles. The van der Waals surface area contributed by atoms with Gasteiger partial charge in [-0.2, -0.15) is 4.31 Å². The van der Waals surface area contributed by atoms with Crippen LogP contribution in [0, 0.1) is 0 Å². The molecule has 0 bridgehead atoms. The van der Waals surface area contributed by atoms with E-state index >= 15 is 0 Å². The van der Waals surface area contributed by atoms with Crippen LogP contribution in [-0.2, 0) is 21.4 Å². The van der Waals surface area contributed by atoms with Crippen molar-refractivity contribution >= 4 is 38.7 Å². The molecular formula is C21H24N4O4S. The number of hydrogen-bond acceptors (Lipinski definition) is 5. The standard InChI is InChI=1S/C21H24N4O4S/c1-4-13-25-19-8-6-5-7-18(19)22-21(25)23-20(27)14-24(3)30(28,29)17-11-9-16(10-12-17)15(2)26/h5-12H,4,13-14H2,1-3H3,(H,22,23,27). The Labute approximate surface area is 175 Å². The SMILES string of the molecule is CCCn1c(NC(=O)CN(C)S(=O)(=O)c2ccc(C(C)=O)cc2)nc2ccccc21. The van der Waals surface area contributed by atoms with Crippen LogP contribution in [0.5, 0.6) is 0 Å². The molecule has 9 heteroatoms. The number of imidazole rings is 1. The van der Waals surface area contributed by atoms with E-state index in [1.165, 1.54) is 38.2 Å². The molecule has 158 valence electrons. The second-order valence-electron chi connectivity index (χ2n) is 6.97. The molecule has 0 atom stereocenters. The van der Waals surface area contributed by atoms with Crippen molar-refractivity contribution in [2.45, 2.75) is 31.7 Å². The molecule has 0 spiro atoms. The Balaban J connectivity index is 1.76. The van der Waals surface area contributed by atoms with Crippen LogP contribution in [0.4, 0.5) is 5.95 Å². The van der Waals surface area contributed by atoms with E-state index in [1.807, 2.05) is 35.8 Å². The number of para-hydroxylation sites is 2. The van der Waals surface area contributed by atoms with Crippen LogP contribution in [0.15, 0.2) is 53.4 Å². The van der Waals surface area contributed by atoms with Crippen molar-refractivity contribution in [1.29, 1.82) is 0 Å². The van der Waals surface area contributed by atoms with Gasteiger partial charge in [0.05, 0.1) is 22.5 Å². The van der Waals surface area contributed by atoms with E-state index in [-0.39, 0.29) is 17.2 Å². The molecule has 8 nitrogen and oxygen atoms in total. The average molecular weight is 429 g/mol. The summed E-state index contributed by atoms with van der Waals surface area (Å²) in [7, 11) is -2.54. The first-order chi connectivity index (χ1) is 14.2. The number of sulfonamides is 1. The highest BCUT2D eigenvalue weighted by molar-refractivity contribution is 7.89. The van der Waals surface area contributed by atoms with Gasteiger partial charge in [-0.3, -0.25) is 14.9 Å². The van der Waals surface area contributed by atoms with Gasteiger partial charge < -0.3 is 4.57 Å². The van der Waals surface area contributed by atoms with E-state index in [2.05, 4.69) is 10.3 Å². The summed E-state index contributed by atoms with van der Waals surface area (Å²) in [4.78, 5) is 28.4. The van der Waals surface area contributed by atoms with Gasteiger partial charge in [0.2, 0.25) is 21.9 Å². The third kappa shape index (κ3) is 4.42. The number of nitrogens with one attached hydrogen (secondary N) is 1. The minimum atomic E-state index is -3.88. The maximum Gasteiger partial charge on any atom is 0.243 e. The van der Waals surface area contributed by atoms with E-state index in [0.29, 0.717) is 18.1 Å². The second kappa shape index (κ2) is 8.76. The maximum atomic E-state index is 12.8. The van der Waals surface area contributed by atoms with Gasteiger partial charge in [-0.15, -0.1) is 0 Å². The molecule has 3 aromatic rings. The van der Waals surface area contributed by atoms with Crippen LogP contribution in [0.1, 0.15) is 30.6 Å². The van der Waals surface area contributed by atoms with Crippen LogP contribution in [0.2, 0.25) is 0 Å². The highest BCUT2D eigenvalue weighted by Gasteiger charge is 2.24. The monoisotopic (exact) mass is 428 g/mol. The van der Waals surface area contributed by atoms with E-state index in [9.17, 15) is 18.0 Å². The summed E-state index contributed by atoms with van der Waals surface area (Å²) >= 11 is 0. The predicted molar refractivity (Wildman–Crippen MR) is 115 cm³/mol. The Bertz CT molecular complexity index is 1180. The fourth-order valence-corrected chi connectivity index (χ4v) is 4.24. The van der Waals surface area contributed by atoms with Gasteiger partial charge in [0, 0.05) is 19.2 Å². The topological polar surface area (TPSA) is 101 Å². The van der Waals surface area contributed by atoms with Gasteiger partial charge in [0.15, 0.2) is 5.78 Å². The van der Waals surface area contributed by atoms with Gasteiger partial charge in [-0.05, 0) is 37.6 Å². The molecule has 0 fully saturated rings. The lowest BCUT2D eigenvalue weighted by molar-refractivity contribution is -0.116. The van der Waals surface area contributed by atoms with Crippen molar-refractivity contribution in [2.24, 2.45) is 0 Å². The number of ketones is 1. The molecule has 1 amide bonds. The number of anilines is 1. The Kier molecular flexibility index (Phi) is 6.33. The molecule has 1 N–H and O–H groups in total. The van der Waals surface area contributed by atoms with Crippen LogP contribution in [-0.4, -0.2) is 47.6 Å². The van der Waals surface area contributed by atoms with Crippen LogP contribution in [0.25, 0.3) is 11.0 Å². The quantitative estimate of drug-likeness (QED) is 0.556. The van der Waals surface area contributed by atoms with Crippen LogP contribution < -0.4 is 5.32 Å². The summed E-state index contributed by atoms with van der Waals surface area (Å²) in [6.45, 7) is 3.74. The third-order valence-corrected chi connectivity index (χ3v) is 6.51. The first kappa shape index (κ1) is 21.7. The summed E-state index contributed by atoms with van der Waals surface area (Å²) < 4.78 is 28.4. The first-order valence-corrected chi connectivity index (χ1v) is 11.0. The third-order valence-electron chi connectivity index (χ3n) is 4.69. The fraction of sp³-hybridized carbons (Fsp3) is 0.286. The number of carbonyl (C=O) groups excluding carboxylic acids is 2. The summed E-state index contributed by atoms with van der Waals surface area (Å²) in [6.07, 6.45) is 0.855. The van der Waals surface area contributed by atoms with Crippen molar-refractivity contribution in [3.63, 3.8) is 0 Å². The van der Waals surface area contributed by atoms with Gasteiger partial charge in [0.25, 0.3) is 0 Å². The molecule has 0 aliphatic rings. The number of nitrogens with zero attached hydrogens (tertiary/aromatic N) is 3. The van der Waals surface area contributed by atoms with Crippen molar-refractivity contribution in [1.82, 2.24) is 13.9 Å². The number of likely N-dealkylation sites (N-methyl/N-ethyl adjacent to an activating group) is 1. The number of benzene rings is 2. The Morgan fingerprint density at radius 1 is 1.10 bits per heavy atom.